The molecule has 1 spiro atoms. The zero-order valence-electron chi connectivity index (χ0n) is 28.3. The van der Waals surface area contributed by atoms with E-state index in [0.29, 0.717) is 36.2 Å². The number of aryl methyl sites for hydroxylation is 1. The fraction of sp³-hybridized carbons (Fsp3) is 0.568. The Bertz CT molecular complexity index is 1740. The first-order valence-corrected chi connectivity index (χ1v) is 19.4. The molecule has 7 rings (SSSR count). The van der Waals surface area contributed by atoms with Crippen molar-refractivity contribution in [1.29, 1.82) is 0 Å². The van der Waals surface area contributed by atoms with Gasteiger partial charge in [-0.05, 0) is 112 Å². The first-order valence-electron chi connectivity index (χ1n) is 17.5. The van der Waals surface area contributed by atoms with Gasteiger partial charge in [-0.1, -0.05) is 29.8 Å². The summed E-state index contributed by atoms with van der Waals surface area (Å²) >= 11 is 6.44. The van der Waals surface area contributed by atoms with Crippen molar-refractivity contribution in [3.05, 3.63) is 64.7 Å². The van der Waals surface area contributed by atoms with E-state index < -0.39 is 21.5 Å². The van der Waals surface area contributed by atoms with Crippen molar-refractivity contribution in [3.8, 4) is 5.75 Å². The second kappa shape index (κ2) is 13.5. The van der Waals surface area contributed by atoms with Crippen LogP contribution in [0.15, 0.2) is 53.4 Å². The van der Waals surface area contributed by atoms with Crippen LogP contribution in [0.5, 0.6) is 5.75 Å². The number of ether oxygens (including phenoxy) is 3. The molecular formula is C37H46ClN3O7S. The monoisotopic (exact) mass is 711 g/mol. The SMILES string of the molecule is CC1(C)OC/C=C/[C@H](OCC(=O)N2CCCC2)[C@@H]2CC[C@H]2CN2C[C@@]3(CCCc4cc(Cl)ccc43)COc3ccc(cc32)S(=O)(=O)NC1=O. The molecule has 5 aliphatic rings. The van der Waals surface area contributed by atoms with Gasteiger partial charge in [0.15, 0.2) is 0 Å². The Kier molecular flexibility index (Phi) is 9.49. The van der Waals surface area contributed by atoms with Gasteiger partial charge in [0, 0.05) is 36.6 Å². The number of hydrogen-bond donors (Lipinski definition) is 1. The number of carbonyl (C=O) groups is 2. The van der Waals surface area contributed by atoms with Gasteiger partial charge in [-0.15, -0.1) is 0 Å². The highest BCUT2D eigenvalue weighted by molar-refractivity contribution is 7.90. The molecule has 12 heteroatoms. The molecule has 3 aliphatic heterocycles. The highest BCUT2D eigenvalue weighted by Crippen LogP contribution is 2.47. The number of sulfonamides is 1. The Hall–Kier alpha value is -3.12. The standard InChI is InChI=1S/C37H46ClN3O7S/c1-36(2)35(43)39-49(44,45)28-11-14-33-31(20-28)41(23-37(24-47-33)15-5-7-25-19-27(38)10-13-30(25)37)21-26-9-12-29(26)32(8-6-18-48-36)46-22-34(42)40-16-3-4-17-40/h6,8,10-11,13-14,19-20,26,29,32H,3-5,7,9,12,15-18,21-24H2,1-2H3,(H,39,43)/b8-6+/t26-,29+,32-,37-/m0/s1. The van der Waals surface area contributed by atoms with E-state index in [1.807, 2.05) is 23.1 Å². The zero-order chi connectivity index (χ0) is 34.4. The molecule has 2 aliphatic carbocycles. The largest absolute Gasteiger partial charge is 0.490 e. The number of carbonyl (C=O) groups excluding carboxylic acids is 2. The van der Waals surface area contributed by atoms with Gasteiger partial charge in [-0.25, -0.2) is 13.1 Å². The summed E-state index contributed by atoms with van der Waals surface area (Å²) < 4.78 is 48.3. The summed E-state index contributed by atoms with van der Waals surface area (Å²) in [5.74, 6) is 0.203. The van der Waals surface area contributed by atoms with Crippen LogP contribution in [-0.4, -0.2) is 82.8 Å². The van der Waals surface area contributed by atoms with Crippen LogP contribution < -0.4 is 14.4 Å². The molecule has 2 aromatic carbocycles. The van der Waals surface area contributed by atoms with Gasteiger partial charge in [-0.2, -0.15) is 0 Å². The first kappa shape index (κ1) is 34.3. The molecule has 0 radical (unpaired) electrons. The summed E-state index contributed by atoms with van der Waals surface area (Å²) in [6, 6.07) is 11.0. The summed E-state index contributed by atoms with van der Waals surface area (Å²) in [5, 5.41) is 0.712. The summed E-state index contributed by atoms with van der Waals surface area (Å²) in [6.45, 7) is 6.43. The van der Waals surface area contributed by atoms with Crippen LogP contribution in [0.25, 0.3) is 0 Å². The lowest BCUT2D eigenvalue weighted by molar-refractivity contribution is -0.140. The Balaban J connectivity index is 1.26. The summed E-state index contributed by atoms with van der Waals surface area (Å²) in [4.78, 5) is 30.4. The third kappa shape index (κ3) is 6.96. The highest BCUT2D eigenvalue weighted by Gasteiger charge is 2.45. The fourth-order valence-corrected chi connectivity index (χ4v) is 9.48. The van der Waals surface area contributed by atoms with Gasteiger partial charge in [0.2, 0.25) is 5.91 Å². The minimum absolute atomic E-state index is 0.00770. The highest BCUT2D eigenvalue weighted by atomic mass is 35.5. The van der Waals surface area contributed by atoms with Crippen molar-refractivity contribution < 1.29 is 32.2 Å². The van der Waals surface area contributed by atoms with Crippen molar-refractivity contribution in [2.45, 2.75) is 80.8 Å². The zero-order valence-corrected chi connectivity index (χ0v) is 29.9. The van der Waals surface area contributed by atoms with Crippen LogP contribution in [0.4, 0.5) is 5.69 Å². The van der Waals surface area contributed by atoms with Gasteiger partial charge in [0.25, 0.3) is 15.9 Å². The van der Waals surface area contributed by atoms with E-state index in [4.69, 9.17) is 25.8 Å². The van der Waals surface area contributed by atoms with Crippen LogP contribution in [-0.2, 0) is 40.9 Å². The molecule has 264 valence electrons. The summed E-state index contributed by atoms with van der Waals surface area (Å²) in [7, 11) is -4.22. The lowest BCUT2D eigenvalue weighted by Crippen LogP contribution is -2.50. The van der Waals surface area contributed by atoms with Gasteiger partial charge in [0.05, 0.1) is 29.9 Å². The topological polar surface area (TPSA) is 114 Å². The van der Waals surface area contributed by atoms with Crippen LogP contribution in [0.1, 0.15) is 63.5 Å². The van der Waals surface area contributed by atoms with Crippen molar-refractivity contribution in [1.82, 2.24) is 9.62 Å². The molecule has 2 bridgehead atoms. The number of rotatable bonds is 3. The predicted molar refractivity (Wildman–Crippen MR) is 186 cm³/mol. The maximum atomic E-state index is 13.6. The van der Waals surface area contributed by atoms with E-state index in [1.54, 1.807) is 26.0 Å². The van der Waals surface area contributed by atoms with E-state index in [0.717, 1.165) is 58.0 Å². The Labute approximate surface area is 294 Å². The molecule has 1 saturated heterocycles. The van der Waals surface area contributed by atoms with E-state index >= 15 is 0 Å². The molecule has 49 heavy (non-hydrogen) atoms. The van der Waals surface area contributed by atoms with E-state index in [2.05, 4.69) is 21.8 Å². The number of benzene rings is 2. The number of hydrogen-bond acceptors (Lipinski definition) is 8. The van der Waals surface area contributed by atoms with Gasteiger partial charge >= 0.3 is 0 Å². The van der Waals surface area contributed by atoms with Crippen LogP contribution in [0.2, 0.25) is 5.02 Å². The van der Waals surface area contributed by atoms with Crippen molar-refractivity contribution in [2.24, 2.45) is 11.8 Å². The normalized spacial score (nSPS) is 29.9. The Morgan fingerprint density at radius 3 is 2.69 bits per heavy atom. The summed E-state index contributed by atoms with van der Waals surface area (Å²) in [5.41, 5.74) is 1.37. The van der Waals surface area contributed by atoms with E-state index in [-0.39, 0.29) is 47.4 Å². The average molecular weight is 712 g/mol. The lowest BCUT2D eigenvalue weighted by atomic mass is 9.68. The van der Waals surface area contributed by atoms with Crippen LogP contribution in [0, 0.1) is 11.8 Å². The van der Waals surface area contributed by atoms with Gasteiger partial charge in [-0.3, -0.25) is 9.59 Å². The Morgan fingerprint density at radius 2 is 1.92 bits per heavy atom. The molecule has 3 heterocycles. The smallest absolute Gasteiger partial charge is 0.265 e. The van der Waals surface area contributed by atoms with Crippen LogP contribution in [0.3, 0.4) is 0 Å². The molecule has 1 saturated carbocycles. The molecule has 2 amide bonds. The minimum atomic E-state index is -4.22. The molecule has 0 aromatic heterocycles. The maximum Gasteiger partial charge on any atom is 0.265 e. The van der Waals surface area contributed by atoms with Crippen LogP contribution >= 0.6 is 11.6 Å². The average Bonchev–Trinajstić information content (AvgIpc) is 3.55. The third-order valence-electron chi connectivity index (χ3n) is 11.2. The molecule has 10 nitrogen and oxygen atoms in total. The molecule has 2 aromatic rings. The van der Waals surface area contributed by atoms with Crippen molar-refractivity contribution in [3.63, 3.8) is 0 Å². The van der Waals surface area contributed by atoms with Crippen molar-refractivity contribution >= 4 is 39.1 Å². The number of amides is 2. The number of nitrogens with one attached hydrogen (secondary N) is 1. The number of fused-ring (bicyclic) bond motifs is 4. The second-order valence-corrected chi connectivity index (χ2v) is 16.9. The van der Waals surface area contributed by atoms with Crippen molar-refractivity contribution in [2.75, 3.05) is 50.9 Å². The van der Waals surface area contributed by atoms with E-state index in [1.165, 1.54) is 17.2 Å². The third-order valence-corrected chi connectivity index (χ3v) is 12.7. The second-order valence-electron chi connectivity index (χ2n) is 14.8. The first-order chi connectivity index (χ1) is 23.4. The number of likely N-dealkylation sites (tertiary alicyclic amines) is 1. The molecule has 4 atom stereocenters. The lowest BCUT2D eigenvalue weighted by Gasteiger charge is -2.46. The fourth-order valence-electron chi connectivity index (χ4n) is 8.16. The summed E-state index contributed by atoms with van der Waals surface area (Å²) in [6.07, 6.45) is 10.2. The minimum Gasteiger partial charge on any atom is -0.490 e. The van der Waals surface area contributed by atoms with E-state index in [9.17, 15) is 18.0 Å². The molecule has 0 unspecified atom stereocenters. The maximum absolute atomic E-state index is 13.6. The molecule has 1 N–H and O–H groups in total. The number of halogens is 1. The predicted octanol–water partition coefficient (Wildman–Crippen LogP) is 5.02. The quantitative estimate of drug-likeness (QED) is 0.442. The van der Waals surface area contributed by atoms with Gasteiger partial charge < -0.3 is 24.0 Å². The van der Waals surface area contributed by atoms with Gasteiger partial charge in [0.1, 0.15) is 18.0 Å². The number of nitrogens with zero attached hydrogens (tertiary/aromatic N) is 2. The molecule has 2 fully saturated rings. The molecular weight excluding hydrogens is 666 g/mol. The number of anilines is 1. The Morgan fingerprint density at radius 1 is 1.10 bits per heavy atom.